The molecular weight excluding hydrogens is 323 g/mol. The third-order valence-electron chi connectivity index (χ3n) is 6.18. The van der Waals surface area contributed by atoms with E-state index in [9.17, 15) is 18.8 Å². The van der Waals surface area contributed by atoms with E-state index in [0.29, 0.717) is 17.5 Å². The van der Waals surface area contributed by atoms with Crippen molar-refractivity contribution in [3.63, 3.8) is 0 Å². The van der Waals surface area contributed by atoms with Crippen molar-refractivity contribution in [1.82, 2.24) is 4.90 Å². The molecule has 1 saturated heterocycles. The normalized spacial score (nSPS) is 37.1. The summed E-state index contributed by atoms with van der Waals surface area (Å²) in [4.78, 5) is 38.9. The zero-order valence-corrected chi connectivity index (χ0v) is 13.4. The Morgan fingerprint density at radius 3 is 2.16 bits per heavy atom. The van der Waals surface area contributed by atoms with Gasteiger partial charge in [-0.25, -0.2) is 4.39 Å². The first-order chi connectivity index (χ1) is 12.0. The monoisotopic (exact) mass is 340 g/mol. The predicted molar refractivity (Wildman–Crippen MR) is 86.4 cm³/mol. The van der Waals surface area contributed by atoms with Gasteiger partial charge in [-0.2, -0.15) is 0 Å². The van der Waals surface area contributed by atoms with E-state index in [2.05, 4.69) is 17.5 Å². The highest BCUT2D eigenvalue weighted by atomic mass is 19.1. The fourth-order valence-corrected chi connectivity index (χ4v) is 5.05. The number of rotatable bonds is 3. The van der Waals surface area contributed by atoms with Crippen LogP contribution >= 0.6 is 0 Å². The number of hydrogen-bond donors (Lipinski definition) is 1. The van der Waals surface area contributed by atoms with Crippen LogP contribution in [0.4, 0.5) is 10.1 Å². The molecule has 25 heavy (non-hydrogen) atoms. The Morgan fingerprint density at radius 2 is 1.60 bits per heavy atom. The van der Waals surface area contributed by atoms with E-state index in [4.69, 9.17) is 0 Å². The van der Waals surface area contributed by atoms with Crippen LogP contribution in [0.15, 0.2) is 36.4 Å². The Morgan fingerprint density at radius 1 is 1.04 bits per heavy atom. The van der Waals surface area contributed by atoms with Crippen molar-refractivity contribution < 1.29 is 18.8 Å². The van der Waals surface area contributed by atoms with Gasteiger partial charge in [0.1, 0.15) is 12.4 Å². The van der Waals surface area contributed by atoms with Crippen LogP contribution in [-0.4, -0.2) is 29.2 Å². The van der Waals surface area contributed by atoms with Crippen LogP contribution in [-0.2, 0) is 14.4 Å². The van der Waals surface area contributed by atoms with E-state index in [1.807, 2.05) is 0 Å². The molecule has 3 amide bonds. The summed E-state index contributed by atoms with van der Waals surface area (Å²) in [7, 11) is 0. The van der Waals surface area contributed by atoms with Gasteiger partial charge in [0.05, 0.1) is 11.8 Å². The zero-order valence-electron chi connectivity index (χ0n) is 13.4. The number of nitrogens with zero attached hydrogens (tertiary/aromatic N) is 1. The minimum atomic E-state index is -0.447. The van der Waals surface area contributed by atoms with Crippen molar-refractivity contribution in [2.24, 2.45) is 35.5 Å². The molecule has 6 rings (SSSR count). The number of carbonyl (C=O) groups excluding carboxylic acids is 3. The van der Waals surface area contributed by atoms with Gasteiger partial charge >= 0.3 is 0 Å². The molecule has 3 fully saturated rings. The Kier molecular flexibility index (Phi) is 2.96. The minimum Gasteiger partial charge on any atom is -0.325 e. The van der Waals surface area contributed by atoms with Crippen LogP contribution in [0.1, 0.15) is 6.42 Å². The first-order valence-corrected chi connectivity index (χ1v) is 8.63. The smallest absolute Gasteiger partial charge is 0.244 e. The molecule has 6 heteroatoms. The number of carbonyl (C=O) groups is 3. The van der Waals surface area contributed by atoms with Crippen LogP contribution in [0.5, 0.6) is 0 Å². The number of amides is 3. The van der Waals surface area contributed by atoms with Gasteiger partial charge < -0.3 is 5.32 Å². The van der Waals surface area contributed by atoms with Gasteiger partial charge in [0.15, 0.2) is 0 Å². The highest BCUT2D eigenvalue weighted by Crippen LogP contribution is 2.65. The predicted octanol–water partition coefficient (Wildman–Crippen LogP) is 1.82. The molecule has 128 valence electrons. The molecule has 2 bridgehead atoms. The largest absolute Gasteiger partial charge is 0.325 e. The lowest BCUT2D eigenvalue weighted by Crippen LogP contribution is -2.40. The number of benzene rings is 1. The lowest BCUT2D eigenvalue weighted by Gasteiger charge is -2.37. The van der Waals surface area contributed by atoms with Gasteiger partial charge in [-0.3, -0.25) is 19.3 Å². The molecule has 1 N–H and O–H groups in total. The fourth-order valence-electron chi connectivity index (χ4n) is 5.05. The van der Waals surface area contributed by atoms with Gasteiger partial charge in [-0.05, 0) is 54.4 Å². The van der Waals surface area contributed by atoms with Gasteiger partial charge in [-0.1, -0.05) is 12.2 Å². The number of imide groups is 1. The van der Waals surface area contributed by atoms with Gasteiger partial charge in [0.2, 0.25) is 17.7 Å². The third kappa shape index (κ3) is 2.09. The molecule has 1 aromatic rings. The number of likely N-dealkylation sites (tertiary alicyclic amines) is 1. The van der Waals surface area contributed by atoms with Crippen molar-refractivity contribution in [3.05, 3.63) is 42.2 Å². The summed E-state index contributed by atoms with van der Waals surface area (Å²) >= 11 is 0. The second-order valence-corrected chi connectivity index (χ2v) is 7.47. The highest BCUT2D eigenvalue weighted by Gasteiger charge is 2.67. The summed E-state index contributed by atoms with van der Waals surface area (Å²) in [5.74, 6) is -0.450. The van der Waals surface area contributed by atoms with Crippen LogP contribution in [0.3, 0.4) is 0 Å². The van der Waals surface area contributed by atoms with Crippen molar-refractivity contribution in [1.29, 1.82) is 0 Å². The second kappa shape index (κ2) is 5.00. The second-order valence-electron chi connectivity index (χ2n) is 7.47. The summed E-state index contributed by atoms with van der Waals surface area (Å²) in [6.07, 6.45) is 5.32. The first kappa shape index (κ1) is 14.8. The summed E-state index contributed by atoms with van der Waals surface area (Å²) in [5, 5.41) is 2.61. The molecule has 5 nitrogen and oxygen atoms in total. The molecular formula is C19H17FN2O3. The Balaban J connectivity index is 1.32. The number of hydrogen-bond acceptors (Lipinski definition) is 3. The molecule has 6 atom stereocenters. The SMILES string of the molecule is O=C(CN1C(=O)C2C3C=CC(C4CC34)C2C1=O)Nc1ccc(F)cc1. The number of nitrogens with one attached hydrogen (secondary N) is 1. The average molecular weight is 340 g/mol. The molecule has 4 aliphatic carbocycles. The van der Waals surface area contributed by atoms with Crippen molar-refractivity contribution in [3.8, 4) is 0 Å². The van der Waals surface area contributed by atoms with Gasteiger partial charge in [0, 0.05) is 5.69 Å². The average Bonchev–Trinajstić information content (AvgIpc) is 3.38. The van der Waals surface area contributed by atoms with E-state index in [1.165, 1.54) is 24.3 Å². The lowest BCUT2D eigenvalue weighted by atomic mass is 9.63. The molecule has 2 saturated carbocycles. The first-order valence-electron chi connectivity index (χ1n) is 8.63. The molecule has 0 spiro atoms. The topological polar surface area (TPSA) is 66.5 Å². The summed E-state index contributed by atoms with van der Waals surface area (Å²) in [6, 6.07) is 5.37. The number of halogens is 1. The quantitative estimate of drug-likeness (QED) is 0.674. The Labute approximate surface area is 143 Å². The molecule has 1 aromatic carbocycles. The minimum absolute atomic E-state index is 0.154. The van der Waals surface area contributed by atoms with Crippen molar-refractivity contribution in [2.45, 2.75) is 6.42 Å². The van der Waals surface area contributed by atoms with Gasteiger partial charge in [0.25, 0.3) is 0 Å². The van der Waals surface area contributed by atoms with Crippen LogP contribution in [0, 0.1) is 41.3 Å². The zero-order chi connectivity index (χ0) is 17.3. The molecule has 1 heterocycles. The van der Waals surface area contributed by atoms with Crippen molar-refractivity contribution in [2.75, 3.05) is 11.9 Å². The van der Waals surface area contributed by atoms with Crippen LogP contribution in [0.25, 0.3) is 0 Å². The van der Waals surface area contributed by atoms with E-state index >= 15 is 0 Å². The highest BCUT2D eigenvalue weighted by molar-refractivity contribution is 6.09. The third-order valence-corrected chi connectivity index (χ3v) is 6.18. The molecule has 6 unspecified atom stereocenters. The Hall–Kier alpha value is -2.50. The molecule has 0 aromatic heterocycles. The maximum Gasteiger partial charge on any atom is 0.244 e. The fraction of sp³-hybridized carbons (Fsp3) is 0.421. The molecule has 0 radical (unpaired) electrons. The maximum absolute atomic E-state index is 12.9. The van der Waals surface area contributed by atoms with E-state index in [-0.39, 0.29) is 42.0 Å². The number of allylic oxidation sites excluding steroid dienone is 2. The Bertz CT molecular complexity index is 782. The van der Waals surface area contributed by atoms with E-state index in [1.54, 1.807) is 0 Å². The van der Waals surface area contributed by atoms with E-state index in [0.717, 1.165) is 11.3 Å². The van der Waals surface area contributed by atoms with Crippen LogP contribution < -0.4 is 5.32 Å². The van der Waals surface area contributed by atoms with Crippen LogP contribution in [0.2, 0.25) is 0 Å². The van der Waals surface area contributed by atoms with Gasteiger partial charge in [-0.15, -0.1) is 0 Å². The van der Waals surface area contributed by atoms with Crippen molar-refractivity contribution >= 4 is 23.4 Å². The summed E-state index contributed by atoms with van der Waals surface area (Å²) in [6.45, 7) is -0.281. The summed E-state index contributed by atoms with van der Waals surface area (Å²) < 4.78 is 12.9. The molecule has 5 aliphatic rings. The standard InChI is InChI=1S/C19H17FN2O3/c20-9-1-3-10(4-2-9)21-15(23)8-22-18(24)16-11-5-6-12(14-7-13(11)14)17(16)19(22)25/h1-6,11-14,16-17H,7-8H2,(H,21,23). The maximum atomic E-state index is 12.9. The van der Waals surface area contributed by atoms with E-state index < -0.39 is 11.7 Å². The summed E-state index contributed by atoms with van der Waals surface area (Å²) in [5.41, 5.74) is 0.436. The number of anilines is 1. The lowest BCUT2D eigenvalue weighted by molar-refractivity contribution is -0.142. The molecule has 1 aliphatic heterocycles.